The Kier molecular flexibility index (Phi) is 4.52. The number of hydrogen-bond donors (Lipinski definition) is 3. The number of carbonyl (C=O) groups is 2. The SMILES string of the molecule is CNCC(=O)NCc1ccc(NC(=O)C2CC2)cc1. The Hall–Kier alpha value is -1.88. The van der Waals surface area contributed by atoms with E-state index in [1.165, 1.54) is 0 Å². The van der Waals surface area contributed by atoms with Crippen LogP contribution < -0.4 is 16.0 Å². The molecule has 1 aliphatic carbocycles. The molecule has 0 atom stereocenters. The van der Waals surface area contributed by atoms with Gasteiger partial charge in [-0.3, -0.25) is 9.59 Å². The van der Waals surface area contributed by atoms with Gasteiger partial charge in [0.25, 0.3) is 0 Å². The summed E-state index contributed by atoms with van der Waals surface area (Å²) in [6, 6.07) is 7.53. The molecule has 102 valence electrons. The normalized spacial score (nSPS) is 13.9. The van der Waals surface area contributed by atoms with E-state index >= 15 is 0 Å². The van der Waals surface area contributed by atoms with Crippen LogP contribution in [-0.4, -0.2) is 25.4 Å². The van der Waals surface area contributed by atoms with E-state index < -0.39 is 0 Å². The molecule has 0 aromatic heterocycles. The van der Waals surface area contributed by atoms with Crippen LogP contribution in [-0.2, 0) is 16.1 Å². The zero-order chi connectivity index (χ0) is 13.7. The van der Waals surface area contributed by atoms with Crippen molar-refractivity contribution in [2.24, 2.45) is 5.92 Å². The molecule has 0 bridgehead atoms. The van der Waals surface area contributed by atoms with Gasteiger partial charge in [-0.2, -0.15) is 0 Å². The molecule has 0 unspecified atom stereocenters. The summed E-state index contributed by atoms with van der Waals surface area (Å²) in [5.74, 6) is 0.282. The van der Waals surface area contributed by atoms with Gasteiger partial charge in [0.2, 0.25) is 11.8 Å². The van der Waals surface area contributed by atoms with Crippen molar-refractivity contribution >= 4 is 17.5 Å². The lowest BCUT2D eigenvalue weighted by Crippen LogP contribution is -2.31. The van der Waals surface area contributed by atoms with E-state index in [1.54, 1.807) is 7.05 Å². The standard InChI is InChI=1S/C14H19N3O2/c1-15-9-13(18)16-8-10-2-6-12(7-3-10)17-14(19)11-4-5-11/h2-3,6-7,11,15H,4-5,8-9H2,1H3,(H,16,18)(H,17,19). The fourth-order valence-electron chi connectivity index (χ4n) is 1.72. The van der Waals surface area contributed by atoms with Crippen molar-refractivity contribution in [1.82, 2.24) is 10.6 Å². The molecule has 1 aromatic carbocycles. The maximum Gasteiger partial charge on any atom is 0.234 e. The lowest BCUT2D eigenvalue weighted by atomic mass is 10.2. The van der Waals surface area contributed by atoms with Crippen molar-refractivity contribution in [2.45, 2.75) is 19.4 Å². The van der Waals surface area contributed by atoms with E-state index in [1.807, 2.05) is 24.3 Å². The van der Waals surface area contributed by atoms with Crippen LogP contribution in [0.15, 0.2) is 24.3 Å². The lowest BCUT2D eigenvalue weighted by molar-refractivity contribution is -0.120. The molecule has 0 saturated heterocycles. The Balaban J connectivity index is 1.80. The Bertz CT molecular complexity index is 452. The topological polar surface area (TPSA) is 70.2 Å². The van der Waals surface area contributed by atoms with Crippen molar-refractivity contribution < 1.29 is 9.59 Å². The molecule has 19 heavy (non-hydrogen) atoms. The maximum absolute atomic E-state index is 11.6. The highest BCUT2D eigenvalue weighted by molar-refractivity contribution is 5.94. The summed E-state index contributed by atoms with van der Waals surface area (Å²) < 4.78 is 0. The van der Waals surface area contributed by atoms with E-state index in [0.717, 1.165) is 24.1 Å². The molecular formula is C14H19N3O2. The quantitative estimate of drug-likeness (QED) is 0.711. The number of benzene rings is 1. The number of carbonyl (C=O) groups excluding carboxylic acids is 2. The first kappa shape index (κ1) is 13.5. The summed E-state index contributed by atoms with van der Waals surface area (Å²) in [5.41, 5.74) is 1.82. The number of amides is 2. The van der Waals surface area contributed by atoms with Crippen LogP contribution >= 0.6 is 0 Å². The van der Waals surface area contributed by atoms with Crippen molar-refractivity contribution in [3.63, 3.8) is 0 Å². The zero-order valence-corrected chi connectivity index (χ0v) is 11.0. The van der Waals surface area contributed by atoms with E-state index in [9.17, 15) is 9.59 Å². The Morgan fingerprint density at radius 3 is 2.47 bits per heavy atom. The van der Waals surface area contributed by atoms with E-state index in [-0.39, 0.29) is 17.7 Å². The summed E-state index contributed by atoms with van der Waals surface area (Å²) >= 11 is 0. The predicted molar refractivity (Wildman–Crippen MR) is 73.6 cm³/mol. The van der Waals surface area contributed by atoms with Gasteiger partial charge in [-0.1, -0.05) is 12.1 Å². The van der Waals surface area contributed by atoms with Crippen LogP contribution in [0.4, 0.5) is 5.69 Å². The molecule has 0 radical (unpaired) electrons. The summed E-state index contributed by atoms with van der Waals surface area (Å²) in [6.45, 7) is 0.812. The van der Waals surface area contributed by atoms with Crippen LogP contribution in [0.25, 0.3) is 0 Å². The molecule has 2 rings (SSSR count). The Labute approximate surface area is 112 Å². The minimum Gasteiger partial charge on any atom is -0.351 e. The third kappa shape index (κ3) is 4.37. The Morgan fingerprint density at radius 2 is 1.89 bits per heavy atom. The second kappa shape index (κ2) is 6.33. The molecule has 1 saturated carbocycles. The van der Waals surface area contributed by atoms with Gasteiger partial charge in [-0.05, 0) is 37.6 Å². The van der Waals surface area contributed by atoms with E-state index in [2.05, 4.69) is 16.0 Å². The predicted octanol–water partition coefficient (Wildman–Crippen LogP) is 0.871. The molecule has 5 heteroatoms. The molecule has 0 heterocycles. The first-order valence-corrected chi connectivity index (χ1v) is 6.50. The zero-order valence-electron chi connectivity index (χ0n) is 11.0. The van der Waals surface area contributed by atoms with Crippen molar-refractivity contribution in [1.29, 1.82) is 0 Å². The largest absolute Gasteiger partial charge is 0.351 e. The van der Waals surface area contributed by atoms with Gasteiger partial charge >= 0.3 is 0 Å². The number of rotatable bonds is 6. The highest BCUT2D eigenvalue weighted by atomic mass is 16.2. The highest BCUT2D eigenvalue weighted by Gasteiger charge is 2.29. The number of likely N-dealkylation sites (N-methyl/N-ethyl adjacent to an activating group) is 1. The van der Waals surface area contributed by atoms with Crippen molar-refractivity contribution in [3.8, 4) is 0 Å². The summed E-state index contributed by atoms with van der Waals surface area (Å²) in [7, 11) is 1.73. The first-order chi connectivity index (χ1) is 9.19. The third-order valence-electron chi connectivity index (χ3n) is 3.00. The molecule has 0 aliphatic heterocycles. The smallest absolute Gasteiger partial charge is 0.234 e. The minimum absolute atomic E-state index is 0.0337. The van der Waals surface area contributed by atoms with Gasteiger partial charge in [-0.25, -0.2) is 0 Å². The van der Waals surface area contributed by atoms with Gasteiger partial charge in [0.05, 0.1) is 6.54 Å². The van der Waals surface area contributed by atoms with E-state index in [0.29, 0.717) is 13.1 Å². The average molecular weight is 261 g/mol. The maximum atomic E-state index is 11.6. The van der Waals surface area contributed by atoms with Gasteiger partial charge in [0.1, 0.15) is 0 Å². The molecule has 1 aliphatic rings. The molecule has 0 spiro atoms. The third-order valence-corrected chi connectivity index (χ3v) is 3.00. The number of anilines is 1. The first-order valence-electron chi connectivity index (χ1n) is 6.50. The molecule has 1 aromatic rings. The van der Waals surface area contributed by atoms with Gasteiger partial charge < -0.3 is 16.0 Å². The lowest BCUT2D eigenvalue weighted by Gasteiger charge is -2.07. The fraction of sp³-hybridized carbons (Fsp3) is 0.429. The average Bonchev–Trinajstić information content (AvgIpc) is 3.22. The number of nitrogens with one attached hydrogen (secondary N) is 3. The van der Waals surface area contributed by atoms with Crippen molar-refractivity contribution in [2.75, 3.05) is 18.9 Å². The molecule has 2 amide bonds. The summed E-state index contributed by atoms with van der Waals surface area (Å²) in [4.78, 5) is 22.9. The molecule has 5 nitrogen and oxygen atoms in total. The molecular weight excluding hydrogens is 242 g/mol. The number of hydrogen-bond acceptors (Lipinski definition) is 3. The van der Waals surface area contributed by atoms with Crippen LogP contribution in [0.1, 0.15) is 18.4 Å². The Morgan fingerprint density at radius 1 is 1.21 bits per heavy atom. The highest BCUT2D eigenvalue weighted by Crippen LogP contribution is 2.30. The minimum atomic E-state index is -0.0337. The van der Waals surface area contributed by atoms with Gasteiger partial charge in [0.15, 0.2) is 0 Å². The van der Waals surface area contributed by atoms with Crippen LogP contribution in [0.2, 0.25) is 0 Å². The van der Waals surface area contributed by atoms with E-state index in [4.69, 9.17) is 0 Å². The fourth-order valence-corrected chi connectivity index (χ4v) is 1.72. The second-order valence-electron chi connectivity index (χ2n) is 4.77. The van der Waals surface area contributed by atoms with Crippen molar-refractivity contribution in [3.05, 3.63) is 29.8 Å². The van der Waals surface area contributed by atoms with Gasteiger partial charge in [0, 0.05) is 18.2 Å². The summed E-state index contributed by atoms with van der Waals surface area (Å²) in [5, 5.41) is 8.47. The van der Waals surface area contributed by atoms with Crippen LogP contribution in [0.3, 0.4) is 0 Å². The monoisotopic (exact) mass is 261 g/mol. The molecule has 1 fully saturated rings. The summed E-state index contributed by atoms with van der Waals surface area (Å²) in [6.07, 6.45) is 2.00. The van der Waals surface area contributed by atoms with Crippen LogP contribution in [0, 0.1) is 5.92 Å². The van der Waals surface area contributed by atoms with Crippen LogP contribution in [0.5, 0.6) is 0 Å². The van der Waals surface area contributed by atoms with Gasteiger partial charge in [-0.15, -0.1) is 0 Å². The molecule has 3 N–H and O–H groups in total. The second-order valence-corrected chi connectivity index (χ2v) is 4.77.